The fraction of sp³-hybridized carbons (Fsp3) is 0.381. The third-order valence-corrected chi connectivity index (χ3v) is 5.27. The minimum atomic E-state index is -0.238. The largest absolute Gasteiger partial charge is 0.472 e. The average Bonchev–Trinajstić information content (AvgIpc) is 3.31. The number of benzene rings is 1. The van der Waals surface area contributed by atoms with Gasteiger partial charge in [-0.05, 0) is 55.5 Å². The van der Waals surface area contributed by atoms with E-state index >= 15 is 0 Å². The summed E-state index contributed by atoms with van der Waals surface area (Å²) in [6, 6.07) is 6.89. The first-order valence-electron chi connectivity index (χ1n) is 9.36. The Balaban J connectivity index is 1.60. The summed E-state index contributed by atoms with van der Waals surface area (Å²) in [5, 5.41) is 1.08. The number of ether oxygens (including phenoxy) is 1. The molecule has 0 atom stereocenters. The molecule has 0 saturated carbocycles. The number of amides is 1. The average molecular weight is 370 g/mol. The molecule has 0 radical (unpaired) electrons. The molecule has 0 unspecified atom stereocenters. The summed E-state index contributed by atoms with van der Waals surface area (Å²) in [5.74, 6) is 0.104. The summed E-state index contributed by atoms with van der Waals surface area (Å²) < 4.78 is 26.2. The third-order valence-electron chi connectivity index (χ3n) is 5.27. The molecule has 5 nitrogen and oxygen atoms in total. The summed E-state index contributed by atoms with van der Waals surface area (Å²) in [5.41, 5.74) is 3.15. The Hall–Kier alpha value is -2.76. The fourth-order valence-electron chi connectivity index (χ4n) is 3.92. The molecule has 0 N–H and O–H groups in total. The second kappa shape index (κ2) is 7.47. The number of aromatic nitrogens is 1. The molecule has 0 spiro atoms. The summed E-state index contributed by atoms with van der Waals surface area (Å²) in [6.45, 7) is 4.21. The molecule has 3 aromatic rings. The van der Waals surface area contributed by atoms with Crippen LogP contribution in [0.4, 0.5) is 9.18 Å². The monoisotopic (exact) mass is 370 g/mol. The van der Waals surface area contributed by atoms with E-state index in [4.69, 9.17) is 9.15 Å². The van der Waals surface area contributed by atoms with Crippen LogP contribution in [0.1, 0.15) is 36.8 Å². The Bertz CT molecular complexity index is 924. The molecule has 0 aliphatic carbocycles. The van der Waals surface area contributed by atoms with E-state index in [9.17, 15) is 9.18 Å². The number of carbonyl (C=O) groups is 1. The maximum atomic E-state index is 13.9. The quantitative estimate of drug-likeness (QED) is 0.665. The number of piperidine rings is 1. The van der Waals surface area contributed by atoms with Crippen molar-refractivity contribution in [2.24, 2.45) is 0 Å². The molecule has 1 aromatic carbocycles. The fourth-order valence-corrected chi connectivity index (χ4v) is 3.92. The van der Waals surface area contributed by atoms with Crippen molar-refractivity contribution < 1.29 is 18.3 Å². The summed E-state index contributed by atoms with van der Waals surface area (Å²) >= 11 is 0. The van der Waals surface area contributed by atoms with Gasteiger partial charge in [0.15, 0.2) is 0 Å². The van der Waals surface area contributed by atoms with Crippen molar-refractivity contribution in [3.63, 3.8) is 0 Å². The standard InChI is InChI=1S/C21H23FN2O3/c1-2-27-21(25)23-8-5-16(6-9-23)19-13-24(12-15-7-10-26-14-15)20-11-17(22)3-4-18(19)20/h3-4,7,10-11,13-14,16H,2,5-6,8-9,12H2,1H3. The van der Waals surface area contributed by atoms with Crippen LogP contribution in [-0.2, 0) is 11.3 Å². The second-order valence-electron chi connectivity index (χ2n) is 6.97. The van der Waals surface area contributed by atoms with Gasteiger partial charge in [-0.2, -0.15) is 0 Å². The minimum absolute atomic E-state index is 0.236. The number of halogens is 1. The van der Waals surface area contributed by atoms with Gasteiger partial charge in [-0.1, -0.05) is 0 Å². The van der Waals surface area contributed by atoms with Gasteiger partial charge in [0.25, 0.3) is 0 Å². The van der Waals surface area contributed by atoms with Crippen LogP contribution in [0.3, 0.4) is 0 Å². The van der Waals surface area contributed by atoms with Gasteiger partial charge in [0, 0.05) is 30.2 Å². The third kappa shape index (κ3) is 3.56. The highest BCUT2D eigenvalue weighted by Crippen LogP contribution is 2.35. The van der Waals surface area contributed by atoms with Crippen LogP contribution in [-0.4, -0.2) is 35.3 Å². The predicted octanol–water partition coefficient (Wildman–Crippen LogP) is 4.76. The van der Waals surface area contributed by atoms with Crippen molar-refractivity contribution in [1.29, 1.82) is 0 Å². The molecule has 1 aliphatic rings. The van der Waals surface area contributed by atoms with Gasteiger partial charge in [-0.3, -0.25) is 0 Å². The Morgan fingerprint density at radius 1 is 1.30 bits per heavy atom. The molecular weight excluding hydrogens is 347 g/mol. The number of likely N-dealkylation sites (tertiary alicyclic amines) is 1. The van der Waals surface area contributed by atoms with Crippen LogP contribution >= 0.6 is 0 Å². The van der Waals surface area contributed by atoms with Crippen LogP contribution in [0, 0.1) is 5.82 Å². The maximum Gasteiger partial charge on any atom is 0.409 e. The highest BCUT2D eigenvalue weighted by Gasteiger charge is 2.27. The zero-order valence-electron chi connectivity index (χ0n) is 15.4. The maximum absolute atomic E-state index is 13.9. The number of carbonyl (C=O) groups excluding carboxylic acids is 1. The first-order valence-corrected chi connectivity index (χ1v) is 9.36. The number of fused-ring (bicyclic) bond motifs is 1. The van der Waals surface area contributed by atoms with Crippen molar-refractivity contribution in [2.75, 3.05) is 19.7 Å². The SMILES string of the molecule is CCOC(=O)N1CCC(c2cn(Cc3ccoc3)c3cc(F)ccc23)CC1. The van der Waals surface area contributed by atoms with Crippen LogP contribution in [0.25, 0.3) is 10.9 Å². The Kier molecular flexibility index (Phi) is 4.88. The van der Waals surface area contributed by atoms with Gasteiger partial charge in [-0.15, -0.1) is 0 Å². The van der Waals surface area contributed by atoms with E-state index in [1.165, 1.54) is 11.6 Å². The summed E-state index contributed by atoms with van der Waals surface area (Å²) in [7, 11) is 0. The van der Waals surface area contributed by atoms with Crippen LogP contribution in [0.2, 0.25) is 0 Å². The first kappa shape index (κ1) is 17.6. The van der Waals surface area contributed by atoms with E-state index in [1.54, 1.807) is 23.5 Å². The number of rotatable bonds is 4. The lowest BCUT2D eigenvalue weighted by molar-refractivity contribution is 0.0971. The number of hydrogen-bond acceptors (Lipinski definition) is 3. The van der Waals surface area contributed by atoms with Gasteiger partial charge in [0.2, 0.25) is 0 Å². The molecule has 142 valence electrons. The molecule has 1 saturated heterocycles. The zero-order valence-corrected chi connectivity index (χ0v) is 15.4. The van der Waals surface area contributed by atoms with E-state index in [1.807, 2.05) is 19.1 Å². The summed E-state index contributed by atoms with van der Waals surface area (Å²) in [6.07, 6.45) is 7.00. The molecule has 4 rings (SSSR count). The Labute approximate surface area is 157 Å². The highest BCUT2D eigenvalue weighted by molar-refractivity contribution is 5.85. The number of furan rings is 1. The lowest BCUT2D eigenvalue weighted by atomic mass is 9.89. The van der Waals surface area contributed by atoms with Crippen molar-refractivity contribution in [2.45, 2.75) is 32.2 Å². The molecule has 3 heterocycles. The molecule has 0 bridgehead atoms. The van der Waals surface area contributed by atoms with Gasteiger partial charge < -0.3 is 18.6 Å². The smallest absolute Gasteiger partial charge is 0.409 e. The molecule has 6 heteroatoms. The number of nitrogens with zero attached hydrogens (tertiary/aromatic N) is 2. The molecule has 27 heavy (non-hydrogen) atoms. The van der Waals surface area contributed by atoms with Gasteiger partial charge in [0.05, 0.1) is 31.2 Å². The van der Waals surface area contributed by atoms with E-state index in [0.717, 1.165) is 29.3 Å². The van der Waals surface area contributed by atoms with Gasteiger partial charge in [-0.25, -0.2) is 9.18 Å². The highest BCUT2D eigenvalue weighted by atomic mass is 19.1. The van der Waals surface area contributed by atoms with Gasteiger partial charge >= 0.3 is 6.09 Å². The Morgan fingerprint density at radius 2 is 2.11 bits per heavy atom. The normalized spacial score (nSPS) is 15.4. The first-order chi connectivity index (χ1) is 13.2. The van der Waals surface area contributed by atoms with E-state index in [-0.39, 0.29) is 11.9 Å². The zero-order chi connectivity index (χ0) is 18.8. The van der Waals surface area contributed by atoms with Crippen LogP contribution < -0.4 is 0 Å². The van der Waals surface area contributed by atoms with Gasteiger partial charge in [0.1, 0.15) is 5.82 Å². The lowest BCUT2D eigenvalue weighted by Gasteiger charge is -2.31. The van der Waals surface area contributed by atoms with Crippen molar-refractivity contribution in [3.8, 4) is 0 Å². The van der Waals surface area contributed by atoms with Crippen LogP contribution in [0.15, 0.2) is 47.4 Å². The topological polar surface area (TPSA) is 47.6 Å². The molecular formula is C21H23FN2O3. The summed E-state index contributed by atoms with van der Waals surface area (Å²) in [4.78, 5) is 13.7. The molecule has 1 aliphatic heterocycles. The van der Waals surface area contributed by atoms with Crippen molar-refractivity contribution in [1.82, 2.24) is 9.47 Å². The molecule has 2 aromatic heterocycles. The van der Waals surface area contributed by atoms with Crippen LogP contribution in [0.5, 0.6) is 0 Å². The van der Waals surface area contributed by atoms with Crippen molar-refractivity contribution in [3.05, 3.63) is 59.9 Å². The predicted molar refractivity (Wildman–Crippen MR) is 100 cm³/mol. The lowest BCUT2D eigenvalue weighted by Crippen LogP contribution is -2.38. The molecule has 1 fully saturated rings. The molecule has 1 amide bonds. The Morgan fingerprint density at radius 3 is 2.81 bits per heavy atom. The van der Waals surface area contributed by atoms with E-state index in [2.05, 4.69) is 10.8 Å². The van der Waals surface area contributed by atoms with Crippen molar-refractivity contribution >= 4 is 17.0 Å². The second-order valence-corrected chi connectivity index (χ2v) is 6.97. The number of hydrogen-bond donors (Lipinski definition) is 0. The van der Waals surface area contributed by atoms with E-state index < -0.39 is 0 Å². The van der Waals surface area contributed by atoms with E-state index in [0.29, 0.717) is 32.2 Å². The minimum Gasteiger partial charge on any atom is -0.472 e.